The lowest BCUT2D eigenvalue weighted by Crippen LogP contribution is -2.24. The van der Waals surface area contributed by atoms with Gasteiger partial charge in [-0.2, -0.15) is 0 Å². The second-order valence-electron chi connectivity index (χ2n) is 3.81. The fourth-order valence-corrected chi connectivity index (χ4v) is 1.65. The number of anilines is 1. The van der Waals surface area contributed by atoms with E-state index >= 15 is 0 Å². The summed E-state index contributed by atoms with van der Waals surface area (Å²) in [4.78, 5) is 12.0. The van der Waals surface area contributed by atoms with Gasteiger partial charge in [-0.05, 0) is 0 Å². The SMILES string of the molecule is C=C[C@H](CO)O[C@H](CO)n1cnc2c(N)ncnc21. The molecule has 2 heterocycles. The van der Waals surface area contributed by atoms with Crippen LogP contribution in [0.25, 0.3) is 11.2 Å². The Hall–Kier alpha value is -2.03. The summed E-state index contributed by atoms with van der Waals surface area (Å²) in [6.07, 6.45) is 2.88. The topological polar surface area (TPSA) is 119 Å². The summed E-state index contributed by atoms with van der Waals surface area (Å²) in [5, 5.41) is 18.5. The molecule has 2 aromatic rings. The minimum atomic E-state index is -0.741. The summed E-state index contributed by atoms with van der Waals surface area (Å²) in [6.45, 7) is 3.00. The fourth-order valence-electron chi connectivity index (χ4n) is 1.65. The molecule has 0 aliphatic rings. The van der Waals surface area contributed by atoms with Crippen molar-refractivity contribution in [1.82, 2.24) is 19.5 Å². The molecule has 2 rings (SSSR count). The molecule has 2 atom stereocenters. The number of fused-ring (bicyclic) bond motifs is 1. The maximum Gasteiger partial charge on any atom is 0.167 e. The fraction of sp³-hybridized carbons (Fsp3) is 0.364. The molecule has 0 fully saturated rings. The number of ether oxygens (including phenoxy) is 1. The number of hydrogen-bond donors (Lipinski definition) is 3. The number of aliphatic hydroxyl groups excluding tert-OH is 2. The van der Waals surface area contributed by atoms with E-state index in [0.29, 0.717) is 11.2 Å². The Labute approximate surface area is 109 Å². The molecule has 0 aliphatic carbocycles. The van der Waals surface area contributed by atoms with Gasteiger partial charge in [0.2, 0.25) is 0 Å². The van der Waals surface area contributed by atoms with E-state index < -0.39 is 12.3 Å². The Morgan fingerprint density at radius 3 is 2.79 bits per heavy atom. The van der Waals surface area contributed by atoms with E-state index in [9.17, 15) is 5.11 Å². The van der Waals surface area contributed by atoms with Gasteiger partial charge in [-0.3, -0.25) is 4.57 Å². The maximum absolute atomic E-state index is 9.40. The Morgan fingerprint density at radius 2 is 2.16 bits per heavy atom. The third-order valence-corrected chi connectivity index (χ3v) is 2.63. The number of aromatic nitrogens is 4. The summed E-state index contributed by atoms with van der Waals surface area (Å²) < 4.78 is 7.02. The van der Waals surface area contributed by atoms with Crippen LogP contribution in [-0.2, 0) is 4.74 Å². The highest BCUT2D eigenvalue weighted by Gasteiger charge is 2.19. The van der Waals surface area contributed by atoms with Crippen molar-refractivity contribution >= 4 is 17.0 Å². The zero-order chi connectivity index (χ0) is 13.8. The molecular weight excluding hydrogens is 250 g/mol. The van der Waals surface area contributed by atoms with Gasteiger partial charge in [-0.1, -0.05) is 6.08 Å². The number of aliphatic hydroxyl groups is 2. The predicted molar refractivity (Wildman–Crippen MR) is 68.0 cm³/mol. The van der Waals surface area contributed by atoms with E-state index in [0.717, 1.165) is 0 Å². The lowest BCUT2D eigenvalue weighted by Gasteiger charge is -2.21. The summed E-state index contributed by atoms with van der Waals surface area (Å²) >= 11 is 0. The van der Waals surface area contributed by atoms with Crippen LogP contribution in [0.15, 0.2) is 25.3 Å². The second kappa shape index (κ2) is 5.74. The molecular formula is C11H15N5O3. The molecule has 102 valence electrons. The highest BCUT2D eigenvalue weighted by atomic mass is 16.5. The highest BCUT2D eigenvalue weighted by molar-refractivity contribution is 5.81. The van der Waals surface area contributed by atoms with Gasteiger partial charge < -0.3 is 20.7 Å². The second-order valence-corrected chi connectivity index (χ2v) is 3.81. The third kappa shape index (κ3) is 2.55. The van der Waals surface area contributed by atoms with Gasteiger partial charge >= 0.3 is 0 Å². The number of hydrogen-bond acceptors (Lipinski definition) is 7. The first-order valence-corrected chi connectivity index (χ1v) is 5.64. The third-order valence-electron chi connectivity index (χ3n) is 2.63. The van der Waals surface area contributed by atoms with Crippen LogP contribution in [0.1, 0.15) is 6.23 Å². The van der Waals surface area contributed by atoms with Gasteiger partial charge in [-0.15, -0.1) is 6.58 Å². The average molecular weight is 265 g/mol. The number of imidazole rings is 1. The van der Waals surface area contributed by atoms with Crippen LogP contribution in [0, 0.1) is 0 Å². The van der Waals surface area contributed by atoms with Crippen molar-refractivity contribution in [3.63, 3.8) is 0 Å². The zero-order valence-corrected chi connectivity index (χ0v) is 10.2. The molecule has 0 bridgehead atoms. The first-order chi connectivity index (χ1) is 9.21. The molecule has 19 heavy (non-hydrogen) atoms. The average Bonchev–Trinajstić information content (AvgIpc) is 2.86. The predicted octanol–water partition coefficient (Wildman–Crippen LogP) is -0.537. The van der Waals surface area contributed by atoms with Crippen molar-refractivity contribution in [2.45, 2.75) is 12.3 Å². The quantitative estimate of drug-likeness (QED) is 0.600. The molecule has 8 heteroatoms. The molecule has 0 unspecified atom stereocenters. The van der Waals surface area contributed by atoms with Gasteiger partial charge in [0.1, 0.15) is 17.9 Å². The maximum atomic E-state index is 9.40. The van der Waals surface area contributed by atoms with Crippen LogP contribution < -0.4 is 5.73 Å². The highest BCUT2D eigenvalue weighted by Crippen LogP contribution is 2.20. The summed E-state index contributed by atoms with van der Waals surface area (Å²) in [7, 11) is 0. The Balaban J connectivity index is 2.35. The van der Waals surface area contributed by atoms with Crippen LogP contribution in [0.3, 0.4) is 0 Å². The smallest absolute Gasteiger partial charge is 0.167 e. The normalized spacial score (nSPS) is 14.4. The first kappa shape index (κ1) is 13.4. The molecule has 8 nitrogen and oxygen atoms in total. The van der Waals surface area contributed by atoms with Crippen LogP contribution >= 0.6 is 0 Å². The number of nitrogens with zero attached hydrogens (tertiary/aromatic N) is 4. The number of rotatable bonds is 6. The molecule has 0 amide bonds. The van der Waals surface area contributed by atoms with Gasteiger partial charge in [0.05, 0.1) is 19.5 Å². The molecule has 0 aromatic carbocycles. The molecule has 0 saturated carbocycles. The van der Waals surface area contributed by atoms with Gasteiger partial charge in [0.25, 0.3) is 0 Å². The van der Waals surface area contributed by atoms with Crippen LogP contribution in [-0.4, -0.2) is 49.0 Å². The van der Waals surface area contributed by atoms with Crippen molar-refractivity contribution in [1.29, 1.82) is 0 Å². The number of nitrogen functional groups attached to an aromatic ring is 1. The van der Waals surface area contributed by atoms with Crippen LogP contribution in [0.4, 0.5) is 5.82 Å². The van der Waals surface area contributed by atoms with E-state index in [-0.39, 0.29) is 19.0 Å². The Morgan fingerprint density at radius 1 is 1.37 bits per heavy atom. The van der Waals surface area contributed by atoms with E-state index in [4.69, 9.17) is 15.6 Å². The largest absolute Gasteiger partial charge is 0.393 e. The standard InChI is InChI=1S/C11H15N5O3/c1-2-7(3-17)19-8(4-18)16-6-15-9-10(12)13-5-14-11(9)16/h2,5-8,17-18H,1,3-4H2,(H2,12,13,14)/t7-,8-/m1/s1. The minimum Gasteiger partial charge on any atom is -0.393 e. The van der Waals surface area contributed by atoms with Crippen LogP contribution in [0.5, 0.6) is 0 Å². The lowest BCUT2D eigenvalue weighted by molar-refractivity contribution is -0.0756. The van der Waals surface area contributed by atoms with Crippen molar-refractivity contribution in [2.24, 2.45) is 0 Å². The number of nitrogens with two attached hydrogens (primary N) is 1. The van der Waals surface area contributed by atoms with Crippen molar-refractivity contribution < 1.29 is 14.9 Å². The zero-order valence-electron chi connectivity index (χ0n) is 10.2. The summed E-state index contributed by atoms with van der Waals surface area (Å²) in [5.74, 6) is 0.253. The molecule has 0 spiro atoms. The lowest BCUT2D eigenvalue weighted by atomic mass is 10.3. The van der Waals surface area contributed by atoms with Gasteiger partial charge in [0, 0.05) is 0 Å². The molecule has 2 aromatic heterocycles. The molecule has 0 saturated heterocycles. The van der Waals surface area contributed by atoms with Gasteiger partial charge in [-0.25, -0.2) is 15.0 Å². The molecule has 0 radical (unpaired) electrons. The first-order valence-electron chi connectivity index (χ1n) is 5.64. The monoisotopic (exact) mass is 265 g/mol. The summed E-state index contributed by atoms with van der Waals surface area (Å²) in [5.41, 5.74) is 6.56. The Kier molecular flexibility index (Phi) is 4.05. The van der Waals surface area contributed by atoms with E-state index in [1.807, 2.05) is 0 Å². The van der Waals surface area contributed by atoms with E-state index in [1.54, 1.807) is 0 Å². The summed E-state index contributed by atoms with van der Waals surface area (Å²) in [6, 6.07) is 0. The van der Waals surface area contributed by atoms with Crippen molar-refractivity contribution in [2.75, 3.05) is 18.9 Å². The van der Waals surface area contributed by atoms with Crippen LogP contribution in [0.2, 0.25) is 0 Å². The van der Waals surface area contributed by atoms with E-state index in [1.165, 1.54) is 23.3 Å². The molecule has 4 N–H and O–H groups in total. The van der Waals surface area contributed by atoms with Crippen molar-refractivity contribution in [3.05, 3.63) is 25.3 Å². The van der Waals surface area contributed by atoms with Gasteiger partial charge in [0.15, 0.2) is 17.7 Å². The van der Waals surface area contributed by atoms with Crippen molar-refractivity contribution in [3.8, 4) is 0 Å². The molecule has 0 aliphatic heterocycles. The Bertz CT molecular complexity index is 570. The minimum absolute atomic E-state index is 0.232. The van der Waals surface area contributed by atoms with E-state index in [2.05, 4.69) is 21.5 Å².